The quantitative estimate of drug-likeness (QED) is 0.608. The zero-order chi connectivity index (χ0) is 20.4. The number of hydrogen-bond donors (Lipinski definition) is 0. The van der Waals surface area contributed by atoms with E-state index in [4.69, 9.17) is 18.9 Å². The maximum Gasteiger partial charge on any atom is 0.325 e. The van der Waals surface area contributed by atoms with Crippen LogP contribution in [0.15, 0.2) is 47.5 Å². The van der Waals surface area contributed by atoms with Gasteiger partial charge in [0.1, 0.15) is 24.4 Å². The minimum atomic E-state index is -0.872. The van der Waals surface area contributed by atoms with Gasteiger partial charge in [-0.1, -0.05) is 29.5 Å². The van der Waals surface area contributed by atoms with Gasteiger partial charge in [-0.25, -0.2) is 0 Å². The van der Waals surface area contributed by atoms with Gasteiger partial charge in [-0.2, -0.15) is 4.99 Å². The molecule has 2 aromatic carbocycles. The fourth-order valence-electron chi connectivity index (χ4n) is 3.00. The SMILES string of the molecule is COC(=O)Cn1c(=NC(=O)[C@H]2COc3ccccc3O2)sc2cccc(OC)c21. The van der Waals surface area contributed by atoms with Crippen molar-refractivity contribution < 1.29 is 28.5 Å². The number of benzene rings is 2. The third kappa shape index (κ3) is 3.68. The summed E-state index contributed by atoms with van der Waals surface area (Å²) >= 11 is 1.28. The summed E-state index contributed by atoms with van der Waals surface area (Å²) in [7, 11) is 2.85. The highest BCUT2D eigenvalue weighted by atomic mass is 32.1. The van der Waals surface area contributed by atoms with Gasteiger partial charge in [-0.3, -0.25) is 9.59 Å². The molecule has 0 saturated carbocycles. The fraction of sp³-hybridized carbons (Fsp3) is 0.250. The number of nitrogens with zero attached hydrogens (tertiary/aromatic N) is 2. The Kier molecular flexibility index (Phi) is 5.22. The monoisotopic (exact) mass is 414 g/mol. The zero-order valence-corrected chi connectivity index (χ0v) is 16.6. The number of amides is 1. The summed E-state index contributed by atoms with van der Waals surface area (Å²) in [5.74, 6) is 0.693. The molecule has 9 heteroatoms. The highest BCUT2D eigenvalue weighted by Crippen LogP contribution is 2.31. The van der Waals surface area contributed by atoms with Gasteiger partial charge in [-0.05, 0) is 24.3 Å². The molecule has 0 fully saturated rings. The highest BCUT2D eigenvalue weighted by molar-refractivity contribution is 7.16. The molecule has 1 aliphatic rings. The molecule has 150 valence electrons. The summed E-state index contributed by atoms with van der Waals surface area (Å²) < 4.78 is 24.0. The molecule has 0 saturated heterocycles. The van der Waals surface area contributed by atoms with E-state index in [1.54, 1.807) is 35.9 Å². The maximum atomic E-state index is 12.8. The molecule has 4 rings (SSSR count). The second-order valence-corrected chi connectivity index (χ2v) is 7.18. The molecule has 1 amide bonds. The molecule has 0 bridgehead atoms. The number of para-hydroxylation sites is 3. The molecular weight excluding hydrogens is 396 g/mol. The van der Waals surface area contributed by atoms with Crippen molar-refractivity contribution >= 4 is 33.4 Å². The molecular formula is C20H18N2O6S. The number of esters is 1. The molecule has 1 atom stereocenters. The molecule has 1 aromatic heterocycles. The lowest BCUT2D eigenvalue weighted by molar-refractivity contribution is -0.141. The smallest absolute Gasteiger partial charge is 0.325 e. The summed E-state index contributed by atoms with van der Waals surface area (Å²) in [5, 5.41) is 0. The number of ether oxygens (including phenoxy) is 4. The standard InChI is InChI=1S/C20H18N2O6S/c1-25-14-8-5-9-16-18(14)22(10-17(23)26-2)20(29-16)21-19(24)15-11-27-12-6-3-4-7-13(12)28-15/h3-9,15H,10-11H2,1-2H3/t15-/m1/s1. The fourth-order valence-corrected chi connectivity index (χ4v) is 4.05. The molecule has 1 aliphatic heterocycles. The van der Waals surface area contributed by atoms with E-state index in [-0.39, 0.29) is 13.2 Å². The summed E-state index contributed by atoms with van der Waals surface area (Å²) in [6.45, 7) is -0.0432. The zero-order valence-electron chi connectivity index (χ0n) is 15.8. The third-order valence-corrected chi connectivity index (χ3v) is 5.43. The lowest BCUT2D eigenvalue weighted by Gasteiger charge is -2.23. The van der Waals surface area contributed by atoms with E-state index in [0.717, 1.165) is 4.70 Å². The van der Waals surface area contributed by atoms with Crippen LogP contribution in [-0.4, -0.2) is 43.4 Å². The first-order chi connectivity index (χ1) is 14.1. The van der Waals surface area contributed by atoms with Crippen LogP contribution < -0.4 is 19.0 Å². The second kappa shape index (κ2) is 7.96. The summed E-state index contributed by atoms with van der Waals surface area (Å²) in [6.07, 6.45) is -0.872. The van der Waals surface area contributed by atoms with Crippen molar-refractivity contribution in [3.8, 4) is 17.2 Å². The number of rotatable bonds is 4. The van der Waals surface area contributed by atoms with Gasteiger partial charge in [0.2, 0.25) is 6.10 Å². The summed E-state index contributed by atoms with van der Waals surface area (Å²) in [5.41, 5.74) is 0.670. The Labute approximate surface area is 169 Å². The van der Waals surface area contributed by atoms with Crippen molar-refractivity contribution in [3.05, 3.63) is 47.3 Å². The lowest BCUT2D eigenvalue weighted by Crippen LogP contribution is -2.37. The first-order valence-electron chi connectivity index (χ1n) is 8.81. The van der Waals surface area contributed by atoms with Gasteiger partial charge in [0.25, 0.3) is 5.91 Å². The largest absolute Gasteiger partial charge is 0.495 e. The van der Waals surface area contributed by atoms with Crippen molar-refractivity contribution in [3.63, 3.8) is 0 Å². The van der Waals surface area contributed by atoms with Crippen LogP contribution in [0.2, 0.25) is 0 Å². The van der Waals surface area contributed by atoms with Crippen molar-refractivity contribution in [2.24, 2.45) is 4.99 Å². The Bertz CT molecular complexity index is 1150. The Balaban J connectivity index is 1.74. The van der Waals surface area contributed by atoms with Gasteiger partial charge < -0.3 is 23.5 Å². The van der Waals surface area contributed by atoms with Crippen molar-refractivity contribution in [2.45, 2.75) is 12.6 Å². The van der Waals surface area contributed by atoms with Crippen LogP contribution in [-0.2, 0) is 20.9 Å². The Hall–Kier alpha value is -3.33. The van der Waals surface area contributed by atoms with Crippen LogP contribution in [0, 0.1) is 0 Å². The Morgan fingerprint density at radius 3 is 2.72 bits per heavy atom. The van der Waals surface area contributed by atoms with E-state index in [1.807, 2.05) is 18.2 Å². The molecule has 0 N–H and O–H groups in total. The molecule has 0 unspecified atom stereocenters. The number of thiazole rings is 1. The molecule has 0 radical (unpaired) electrons. The predicted molar refractivity (Wildman–Crippen MR) is 105 cm³/mol. The van der Waals surface area contributed by atoms with Crippen LogP contribution in [0.1, 0.15) is 0 Å². The number of fused-ring (bicyclic) bond motifs is 2. The van der Waals surface area contributed by atoms with E-state index >= 15 is 0 Å². The van der Waals surface area contributed by atoms with E-state index < -0.39 is 18.0 Å². The lowest BCUT2D eigenvalue weighted by atomic mass is 10.2. The molecule has 8 nitrogen and oxygen atoms in total. The number of hydrogen-bond acceptors (Lipinski definition) is 7. The van der Waals surface area contributed by atoms with Gasteiger partial charge in [-0.15, -0.1) is 0 Å². The van der Waals surface area contributed by atoms with Crippen LogP contribution >= 0.6 is 11.3 Å². The average molecular weight is 414 g/mol. The second-order valence-electron chi connectivity index (χ2n) is 6.17. The van der Waals surface area contributed by atoms with Crippen LogP contribution in [0.25, 0.3) is 10.2 Å². The van der Waals surface area contributed by atoms with Gasteiger partial charge in [0.05, 0.1) is 18.9 Å². The van der Waals surface area contributed by atoms with Crippen LogP contribution in [0.3, 0.4) is 0 Å². The van der Waals surface area contributed by atoms with E-state index in [0.29, 0.717) is 27.6 Å². The van der Waals surface area contributed by atoms with E-state index in [1.165, 1.54) is 18.4 Å². The van der Waals surface area contributed by atoms with Gasteiger partial charge in [0, 0.05) is 0 Å². The van der Waals surface area contributed by atoms with Crippen LogP contribution in [0.5, 0.6) is 17.2 Å². The molecule has 3 aromatic rings. The first kappa shape index (κ1) is 19.0. The first-order valence-corrected chi connectivity index (χ1v) is 9.62. The molecule has 2 heterocycles. The Morgan fingerprint density at radius 1 is 1.17 bits per heavy atom. The van der Waals surface area contributed by atoms with E-state index in [9.17, 15) is 9.59 Å². The normalized spacial score (nSPS) is 15.9. The number of carbonyl (C=O) groups is 2. The summed E-state index contributed by atoms with van der Waals surface area (Å²) in [6, 6.07) is 12.6. The Morgan fingerprint density at radius 2 is 1.97 bits per heavy atom. The maximum absolute atomic E-state index is 12.8. The minimum Gasteiger partial charge on any atom is -0.495 e. The predicted octanol–water partition coefficient (Wildman–Crippen LogP) is 2.15. The molecule has 0 spiro atoms. The van der Waals surface area contributed by atoms with Crippen molar-refractivity contribution in [1.82, 2.24) is 4.57 Å². The van der Waals surface area contributed by atoms with Gasteiger partial charge in [0.15, 0.2) is 16.3 Å². The number of methoxy groups -OCH3 is 2. The number of carbonyl (C=O) groups excluding carboxylic acids is 2. The number of aromatic nitrogens is 1. The highest BCUT2D eigenvalue weighted by Gasteiger charge is 2.27. The molecule has 29 heavy (non-hydrogen) atoms. The van der Waals surface area contributed by atoms with Crippen molar-refractivity contribution in [1.29, 1.82) is 0 Å². The van der Waals surface area contributed by atoms with Crippen LogP contribution in [0.4, 0.5) is 0 Å². The minimum absolute atomic E-state index is 0.0601. The van der Waals surface area contributed by atoms with Crippen molar-refractivity contribution in [2.75, 3.05) is 20.8 Å². The topological polar surface area (TPSA) is 88.4 Å². The third-order valence-electron chi connectivity index (χ3n) is 4.39. The summed E-state index contributed by atoms with van der Waals surface area (Å²) in [4.78, 5) is 29.3. The van der Waals surface area contributed by atoms with E-state index in [2.05, 4.69) is 4.99 Å². The van der Waals surface area contributed by atoms with Gasteiger partial charge >= 0.3 is 5.97 Å². The molecule has 0 aliphatic carbocycles. The average Bonchev–Trinajstić information content (AvgIpc) is 3.10.